The van der Waals surface area contributed by atoms with Gasteiger partial charge in [-0.2, -0.15) is 0 Å². The standard InChI is InChI=1S/C19H24N4O2/c1-21-10-9-20-18(21)15-22-11-13-23(14-12-22)17(19(24)25)8-7-16-5-3-2-4-6-16/h2-10,17H,11-15H2,1H3,(H,24,25). The van der Waals surface area contributed by atoms with Crippen LogP contribution in [0.4, 0.5) is 0 Å². The Morgan fingerprint density at radius 2 is 1.96 bits per heavy atom. The highest BCUT2D eigenvalue weighted by atomic mass is 16.4. The predicted molar refractivity (Wildman–Crippen MR) is 97.0 cm³/mol. The molecule has 2 heterocycles. The number of carboxylic acids is 1. The number of aryl methyl sites for hydroxylation is 1. The van der Waals surface area contributed by atoms with Gasteiger partial charge in [-0.15, -0.1) is 0 Å². The highest BCUT2D eigenvalue weighted by Gasteiger charge is 2.27. The molecular weight excluding hydrogens is 316 g/mol. The van der Waals surface area contributed by atoms with Crippen LogP contribution in [0.2, 0.25) is 0 Å². The summed E-state index contributed by atoms with van der Waals surface area (Å²) in [6.45, 7) is 3.96. The van der Waals surface area contributed by atoms with E-state index in [0.717, 1.165) is 44.1 Å². The van der Waals surface area contributed by atoms with Gasteiger partial charge >= 0.3 is 5.97 Å². The zero-order valence-electron chi connectivity index (χ0n) is 14.5. The molecule has 1 fully saturated rings. The van der Waals surface area contributed by atoms with Crippen molar-refractivity contribution in [2.75, 3.05) is 26.2 Å². The lowest BCUT2D eigenvalue weighted by Gasteiger charge is -2.36. The van der Waals surface area contributed by atoms with Crippen molar-refractivity contribution in [2.45, 2.75) is 12.6 Å². The third-order valence-electron chi connectivity index (χ3n) is 4.61. The van der Waals surface area contributed by atoms with Crippen LogP contribution in [-0.4, -0.2) is 62.6 Å². The number of nitrogens with zero attached hydrogens (tertiary/aromatic N) is 4. The lowest BCUT2D eigenvalue weighted by Crippen LogP contribution is -2.51. The Hall–Kier alpha value is -2.44. The summed E-state index contributed by atoms with van der Waals surface area (Å²) in [6.07, 6.45) is 7.42. The van der Waals surface area contributed by atoms with Gasteiger partial charge in [0, 0.05) is 45.6 Å². The molecule has 1 N–H and O–H groups in total. The summed E-state index contributed by atoms with van der Waals surface area (Å²) in [5.41, 5.74) is 1.02. The van der Waals surface area contributed by atoms with E-state index in [9.17, 15) is 9.90 Å². The van der Waals surface area contributed by atoms with Gasteiger partial charge in [0.2, 0.25) is 0 Å². The van der Waals surface area contributed by atoms with E-state index in [4.69, 9.17) is 0 Å². The second-order valence-corrected chi connectivity index (χ2v) is 6.32. The number of hydrogen-bond acceptors (Lipinski definition) is 4. The van der Waals surface area contributed by atoms with Gasteiger partial charge < -0.3 is 9.67 Å². The summed E-state index contributed by atoms with van der Waals surface area (Å²) >= 11 is 0. The summed E-state index contributed by atoms with van der Waals surface area (Å²) in [5, 5.41) is 9.59. The second-order valence-electron chi connectivity index (χ2n) is 6.32. The summed E-state index contributed by atoms with van der Waals surface area (Å²) in [7, 11) is 1.99. The van der Waals surface area contributed by atoms with Crippen molar-refractivity contribution >= 4 is 12.0 Å². The molecule has 2 aromatic rings. The quantitative estimate of drug-likeness (QED) is 0.867. The first kappa shape index (κ1) is 17.4. The molecule has 0 amide bonds. The lowest BCUT2D eigenvalue weighted by molar-refractivity contribution is -0.142. The highest BCUT2D eigenvalue weighted by molar-refractivity contribution is 5.77. The van der Waals surface area contributed by atoms with E-state index in [1.807, 2.05) is 59.1 Å². The van der Waals surface area contributed by atoms with Crippen LogP contribution >= 0.6 is 0 Å². The Balaban J connectivity index is 1.58. The Morgan fingerprint density at radius 1 is 1.24 bits per heavy atom. The van der Waals surface area contributed by atoms with Crippen LogP contribution in [0.1, 0.15) is 11.4 Å². The van der Waals surface area contributed by atoms with E-state index in [1.165, 1.54) is 0 Å². The van der Waals surface area contributed by atoms with Crippen molar-refractivity contribution in [2.24, 2.45) is 7.05 Å². The van der Waals surface area contributed by atoms with Crippen LogP contribution in [-0.2, 0) is 18.4 Å². The van der Waals surface area contributed by atoms with Gasteiger partial charge in [0.1, 0.15) is 11.9 Å². The topological polar surface area (TPSA) is 61.6 Å². The molecule has 25 heavy (non-hydrogen) atoms. The van der Waals surface area contributed by atoms with E-state index < -0.39 is 12.0 Å². The molecule has 1 unspecified atom stereocenters. The normalized spacial score (nSPS) is 17.8. The average Bonchev–Trinajstić information content (AvgIpc) is 3.02. The molecule has 0 bridgehead atoms. The van der Waals surface area contributed by atoms with E-state index >= 15 is 0 Å². The van der Waals surface area contributed by atoms with Gasteiger partial charge in [0.25, 0.3) is 0 Å². The first-order chi connectivity index (χ1) is 12.1. The summed E-state index contributed by atoms with van der Waals surface area (Å²) < 4.78 is 2.02. The maximum Gasteiger partial charge on any atom is 0.324 e. The molecule has 0 spiro atoms. The number of carbonyl (C=O) groups is 1. The van der Waals surface area contributed by atoms with Crippen molar-refractivity contribution in [3.05, 3.63) is 60.2 Å². The lowest BCUT2D eigenvalue weighted by atomic mass is 10.1. The molecule has 3 rings (SSSR count). The average molecular weight is 340 g/mol. The Morgan fingerprint density at radius 3 is 2.56 bits per heavy atom. The fourth-order valence-corrected chi connectivity index (χ4v) is 3.08. The zero-order valence-corrected chi connectivity index (χ0v) is 14.5. The Labute approximate surface area is 148 Å². The molecule has 1 aromatic carbocycles. The van der Waals surface area contributed by atoms with Crippen molar-refractivity contribution < 1.29 is 9.90 Å². The van der Waals surface area contributed by atoms with E-state index in [1.54, 1.807) is 12.3 Å². The fraction of sp³-hybridized carbons (Fsp3) is 0.368. The van der Waals surface area contributed by atoms with Gasteiger partial charge in [-0.3, -0.25) is 14.6 Å². The first-order valence-electron chi connectivity index (χ1n) is 8.52. The number of aliphatic carboxylic acids is 1. The fourth-order valence-electron chi connectivity index (χ4n) is 3.08. The van der Waals surface area contributed by atoms with Gasteiger partial charge in [0.05, 0.1) is 6.54 Å². The van der Waals surface area contributed by atoms with Crippen LogP contribution < -0.4 is 0 Å². The smallest absolute Gasteiger partial charge is 0.324 e. The SMILES string of the molecule is Cn1ccnc1CN1CCN(C(C=Cc2ccccc2)C(=O)O)CC1. The number of benzene rings is 1. The molecule has 132 valence electrons. The number of imidazole rings is 1. The van der Waals surface area contributed by atoms with Crippen molar-refractivity contribution in [1.82, 2.24) is 19.4 Å². The zero-order chi connectivity index (χ0) is 17.6. The van der Waals surface area contributed by atoms with Crippen molar-refractivity contribution in [1.29, 1.82) is 0 Å². The van der Waals surface area contributed by atoms with E-state index in [0.29, 0.717) is 0 Å². The molecule has 0 aliphatic carbocycles. The number of piperazine rings is 1. The number of rotatable bonds is 6. The van der Waals surface area contributed by atoms with Gasteiger partial charge in [-0.1, -0.05) is 42.5 Å². The van der Waals surface area contributed by atoms with Crippen LogP contribution in [0.3, 0.4) is 0 Å². The minimum absolute atomic E-state index is 0.587. The molecule has 1 aliphatic heterocycles. The summed E-state index contributed by atoms with van der Waals surface area (Å²) in [4.78, 5) is 20.4. The third kappa shape index (κ3) is 4.55. The predicted octanol–water partition coefficient (Wildman–Crippen LogP) is 1.70. The molecule has 1 aliphatic rings. The molecule has 1 saturated heterocycles. The molecule has 1 aromatic heterocycles. The minimum Gasteiger partial charge on any atom is -0.480 e. The maximum absolute atomic E-state index is 11.7. The molecule has 0 saturated carbocycles. The van der Waals surface area contributed by atoms with Crippen LogP contribution in [0.25, 0.3) is 6.08 Å². The molecule has 1 atom stereocenters. The maximum atomic E-state index is 11.7. The largest absolute Gasteiger partial charge is 0.480 e. The molecule has 6 heteroatoms. The highest BCUT2D eigenvalue weighted by Crippen LogP contribution is 2.12. The third-order valence-corrected chi connectivity index (χ3v) is 4.61. The van der Waals surface area contributed by atoms with Gasteiger partial charge in [-0.05, 0) is 5.56 Å². The minimum atomic E-state index is -0.801. The van der Waals surface area contributed by atoms with Crippen LogP contribution in [0.15, 0.2) is 48.8 Å². The van der Waals surface area contributed by atoms with E-state index in [-0.39, 0.29) is 0 Å². The first-order valence-corrected chi connectivity index (χ1v) is 8.52. The van der Waals surface area contributed by atoms with Crippen molar-refractivity contribution in [3.63, 3.8) is 0 Å². The van der Waals surface area contributed by atoms with Crippen LogP contribution in [0.5, 0.6) is 0 Å². The molecule has 6 nitrogen and oxygen atoms in total. The second kappa shape index (κ2) is 8.09. The number of carboxylic acid groups (broad SMARTS) is 1. The Bertz CT molecular complexity index is 718. The summed E-state index contributed by atoms with van der Waals surface area (Å²) in [5.74, 6) is 0.233. The summed E-state index contributed by atoms with van der Waals surface area (Å²) in [6, 6.07) is 9.21. The molecule has 0 radical (unpaired) electrons. The Kier molecular flexibility index (Phi) is 5.63. The van der Waals surface area contributed by atoms with Crippen molar-refractivity contribution in [3.8, 4) is 0 Å². The number of aromatic nitrogens is 2. The van der Waals surface area contributed by atoms with E-state index in [2.05, 4.69) is 9.88 Å². The molecular formula is C19H24N4O2. The van der Waals surface area contributed by atoms with Gasteiger partial charge in [0.15, 0.2) is 0 Å². The van der Waals surface area contributed by atoms with Gasteiger partial charge in [-0.25, -0.2) is 4.98 Å². The number of hydrogen-bond donors (Lipinski definition) is 1. The van der Waals surface area contributed by atoms with Crippen LogP contribution in [0, 0.1) is 0 Å². The monoisotopic (exact) mass is 340 g/mol.